The molecule has 0 saturated carbocycles. The Morgan fingerprint density at radius 3 is 0.812 bits per heavy atom. The zero-order chi connectivity index (χ0) is 99.1. The van der Waals surface area contributed by atoms with Crippen LogP contribution < -0.4 is 0 Å². The van der Waals surface area contributed by atoms with Crippen molar-refractivity contribution in [3.05, 3.63) is 534 Å². The molecule has 0 bridgehead atoms. The van der Waals surface area contributed by atoms with Crippen LogP contribution in [0.4, 0.5) is 0 Å². The molecule has 0 N–H and O–H groups in total. The molecule has 0 radical (unpaired) electrons. The number of fused-ring (bicyclic) bond motifs is 7. The zero-order valence-electron chi connectivity index (χ0n) is 80.6. The predicted octanol–water partition coefficient (Wildman–Crippen LogP) is 34.3. The lowest BCUT2D eigenvalue weighted by atomic mass is 9.99. The van der Waals surface area contributed by atoms with Crippen molar-refractivity contribution in [1.29, 1.82) is 0 Å². The first-order chi connectivity index (χ1) is 73.7. The summed E-state index contributed by atoms with van der Waals surface area (Å²) in [5.41, 5.74) is 38.9. The number of para-hydroxylation sites is 2. The molecule has 0 saturated heterocycles. The summed E-state index contributed by atoms with van der Waals surface area (Å²) < 4.78 is 6.35. The van der Waals surface area contributed by atoms with E-state index in [1.807, 2.05) is 54.6 Å². The van der Waals surface area contributed by atoms with Gasteiger partial charge in [0.25, 0.3) is 0 Å². The average Bonchev–Trinajstić information content (AvgIpc) is 1.48. The third kappa shape index (κ3) is 19.4. The van der Waals surface area contributed by atoms with Crippen LogP contribution in [-0.2, 0) is 0 Å². The molecule has 0 aliphatic carbocycles. The van der Waals surface area contributed by atoms with E-state index in [1.165, 1.54) is 71.6 Å². The van der Waals surface area contributed by atoms with E-state index in [1.54, 1.807) is 31.0 Å². The van der Waals surface area contributed by atoms with Gasteiger partial charge in [0.2, 0.25) is 0 Å². The van der Waals surface area contributed by atoms with Crippen molar-refractivity contribution >= 4 is 65.8 Å². The Kier molecular flexibility index (Phi) is 24.5. The van der Waals surface area contributed by atoms with E-state index in [4.69, 9.17) is 34.3 Å². The van der Waals surface area contributed by atoms with Crippen molar-refractivity contribution in [2.24, 2.45) is 0 Å². The minimum atomic E-state index is 0.519. The van der Waals surface area contributed by atoms with Crippen molar-refractivity contribution in [1.82, 2.24) is 59.8 Å². The van der Waals surface area contributed by atoms with Gasteiger partial charge < -0.3 is 4.42 Å². The Hall–Kier alpha value is -20.3. The van der Waals surface area contributed by atoms with Crippen LogP contribution in [0.2, 0.25) is 0 Å². The summed E-state index contributed by atoms with van der Waals surface area (Å²) in [6.07, 6.45) is 8.41. The standard InChI is InChI=1S/C50H32N2O.C46H30N4.C40H26N6/c1-2-9-33(10-3-1)35-17-24-38(25-18-35)46-32-47(39-26-22-37(23-27-39)43-14-8-15-45-44-13-6-7-16-48(44)53-49(43)45)52-50(51-46)40-28-19-36(20-29-40)42-30-21-34-11-4-5-12-41(34)31-42;1-2-6-31(7-3-1)33-10-17-36(18-11-33)43-30-44(37-19-12-34(13-20-37)40-23-16-32-8-4-5-9-39(32)28-40)50-46(49-43)38-21-14-35(15-22-38)41-24-25-42-45(29-41)48-27-26-47-42;1-3-7-27(8-4-1)29-11-15-31(16-12-29)35-25-36(45-38(44-35)34-21-13-30(14-22-34)28-9-5-2-6-10-28)32-17-19-33(20-18-32)37-26-43-39-40(46-37)42-24-23-41-39/h1-32H;1-30H;1-26H. The predicted molar refractivity (Wildman–Crippen MR) is 608 cm³/mol. The summed E-state index contributed by atoms with van der Waals surface area (Å²) in [5, 5.41) is 7.19. The highest BCUT2D eigenvalue weighted by atomic mass is 16.3. The number of benzene rings is 20. The van der Waals surface area contributed by atoms with Crippen LogP contribution in [0.3, 0.4) is 0 Å². The highest BCUT2D eigenvalue weighted by Crippen LogP contribution is 2.42. The second-order valence-electron chi connectivity index (χ2n) is 36.7. The lowest BCUT2D eigenvalue weighted by Gasteiger charge is -2.11. The Morgan fingerprint density at radius 1 is 0.148 bits per heavy atom. The number of furan rings is 1. The molecule has 698 valence electrons. The molecule has 0 fully saturated rings. The van der Waals surface area contributed by atoms with Gasteiger partial charge in [0.05, 0.1) is 57.1 Å². The second-order valence-corrected chi connectivity index (χ2v) is 36.7. The molecule has 20 aromatic carbocycles. The van der Waals surface area contributed by atoms with Crippen LogP contribution in [0.15, 0.2) is 539 Å². The van der Waals surface area contributed by atoms with Crippen molar-refractivity contribution in [3.63, 3.8) is 0 Å². The Bertz CT molecular complexity index is 9300. The quantitative estimate of drug-likeness (QED) is 0.0797. The molecule has 27 aromatic rings. The Morgan fingerprint density at radius 2 is 0.423 bits per heavy atom. The van der Waals surface area contributed by atoms with Crippen molar-refractivity contribution in [3.8, 4) is 202 Å². The van der Waals surface area contributed by atoms with Crippen molar-refractivity contribution in [2.45, 2.75) is 0 Å². The molecule has 149 heavy (non-hydrogen) atoms. The van der Waals surface area contributed by atoms with Gasteiger partial charge in [0.15, 0.2) is 28.8 Å². The smallest absolute Gasteiger partial charge is 0.198 e. The number of hydrogen-bond acceptors (Lipinski definition) is 13. The third-order valence-electron chi connectivity index (χ3n) is 27.3. The van der Waals surface area contributed by atoms with Crippen LogP contribution in [0.5, 0.6) is 0 Å². The monoisotopic (exact) mass is 1900 g/mol. The van der Waals surface area contributed by atoms with Gasteiger partial charge in [0.1, 0.15) is 11.2 Å². The maximum Gasteiger partial charge on any atom is 0.198 e. The van der Waals surface area contributed by atoms with Gasteiger partial charge in [-0.1, -0.05) is 455 Å². The molecular formula is C136H88N12O. The first kappa shape index (κ1) is 90.0. The Balaban J connectivity index is 0.000000116. The van der Waals surface area contributed by atoms with Gasteiger partial charge in [-0.25, -0.2) is 49.8 Å². The molecular weight excluding hydrogens is 1820 g/mol. The van der Waals surface area contributed by atoms with E-state index < -0.39 is 0 Å². The SMILES string of the molecule is c1ccc(-c2ccc(-c3cc(-c4ccc(-c5ccc6ccccc6c5)cc4)nc(-c4ccc(-c5ccc6nccnc6c5)cc4)n3)cc2)cc1.c1ccc(-c2ccc(-c3cc(-c4ccc(-c5cccc6c5oc5ccccc56)cc4)nc(-c4ccc(-c5ccc6ccccc6c5)cc4)n3)cc2)cc1.c1ccc(-c2ccc(-c3cc(-c4ccc(-c5cnc6nccnc6n5)cc4)nc(-c4ccc(-c5ccccc5)cc4)n3)cc2)cc1. The summed E-state index contributed by atoms with van der Waals surface area (Å²) in [4.78, 5) is 57.1. The van der Waals surface area contributed by atoms with E-state index in [2.05, 4.69) is 479 Å². The van der Waals surface area contributed by atoms with Crippen molar-refractivity contribution < 1.29 is 4.42 Å². The van der Waals surface area contributed by atoms with Crippen LogP contribution in [0.25, 0.3) is 268 Å². The fourth-order valence-electron chi connectivity index (χ4n) is 19.3. The number of aromatic nitrogens is 12. The molecule has 0 amide bonds. The van der Waals surface area contributed by atoms with E-state index in [9.17, 15) is 0 Å². The Labute approximate surface area is 860 Å². The van der Waals surface area contributed by atoms with Crippen molar-refractivity contribution in [2.75, 3.05) is 0 Å². The van der Waals surface area contributed by atoms with E-state index in [0.717, 1.165) is 167 Å². The van der Waals surface area contributed by atoms with Crippen LogP contribution in [-0.4, -0.2) is 59.8 Å². The summed E-state index contributed by atoms with van der Waals surface area (Å²) in [6.45, 7) is 0. The fourth-order valence-corrected chi connectivity index (χ4v) is 19.3. The maximum atomic E-state index is 6.35. The first-order valence-corrected chi connectivity index (χ1v) is 49.6. The van der Waals surface area contributed by atoms with Gasteiger partial charge in [-0.3, -0.25) is 9.97 Å². The van der Waals surface area contributed by atoms with Crippen LogP contribution in [0.1, 0.15) is 0 Å². The van der Waals surface area contributed by atoms with E-state index in [-0.39, 0.29) is 0 Å². The summed E-state index contributed by atoms with van der Waals surface area (Å²) in [7, 11) is 0. The number of hydrogen-bond donors (Lipinski definition) is 0. The number of rotatable bonds is 18. The van der Waals surface area contributed by atoms with E-state index in [0.29, 0.717) is 28.8 Å². The summed E-state index contributed by atoms with van der Waals surface area (Å²) in [5.74, 6) is 2.03. The zero-order valence-corrected chi connectivity index (χ0v) is 80.6. The highest BCUT2D eigenvalue weighted by molar-refractivity contribution is 6.10. The largest absolute Gasteiger partial charge is 0.455 e. The minimum Gasteiger partial charge on any atom is -0.455 e. The average molecular weight is 1910 g/mol. The van der Waals surface area contributed by atoms with Gasteiger partial charge >= 0.3 is 0 Å². The van der Waals surface area contributed by atoms with Crippen LogP contribution in [0, 0.1) is 0 Å². The molecule has 0 aliphatic rings. The molecule has 0 unspecified atom stereocenters. The second kappa shape index (κ2) is 40.6. The summed E-state index contributed by atoms with van der Waals surface area (Å²) >= 11 is 0. The van der Waals surface area contributed by atoms with Gasteiger partial charge in [-0.2, -0.15) is 0 Å². The third-order valence-corrected chi connectivity index (χ3v) is 27.3. The molecule has 13 heteroatoms. The molecule has 7 heterocycles. The summed E-state index contributed by atoms with van der Waals surface area (Å²) in [6, 6.07) is 176. The first-order valence-electron chi connectivity index (χ1n) is 49.6. The topological polar surface area (TPSA) is 168 Å². The molecule has 0 aliphatic heterocycles. The molecule has 13 nitrogen and oxygen atoms in total. The molecule has 0 spiro atoms. The normalized spacial score (nSPS) is 11.2. The van der Waals surface area contributed by atoms with Gasteiger partial charge in [0, 0.05) is 96.8 Å². The lowest BCUT2D eigenvalue weighted by Crippen LogP contribution is -1.96. The van der Waals surface area contributed by atoms with Gasteiger partial charge in [-0.15, -0.1) is 0 Å². The molecule has 27 rings (SSSR count). The fraction of sp³-hybridized carbons (Fsp3) is 0. The molecule has 7 aromatic heterocycles. The molecule has 0 atom stereocenters. The van der Waals surface area contributed by atoms with Gasteiger partial charge in [-0.05, 0) is 154 Å². The highest BCUT2D eigenvalue weighted by Gasteiger charge is 2.21. The lowest BCUT2D eigenvalue weighted by molar-refractivity contribution is 0.670. The number of nitrogens with zero attached hydrogens (tertiary/aromatic N) is 12. The maximum absolute atomic E-state index is 6.35. The van der Waals surface area contributed by atoms with E-state index >= 15 is 0 Å². The minimum absolute atomic E-state index is 0.519. The van der Waals surface area contributed by atoms with Crippen LogP contribution >= 0.6 is 0 Å².